The molecular formula is C20H21ClN4O. The van der Waals surface area contributed by atoms with Gasteiger partial charge in [-0.15, -0.1) is 0 Å². The number of halogens is 1. The zero-order valence-corrected chi connectivity index (χ0v) is 15.8. The normalized spacial score (nSPS) is 14.2. The molecular weight excluding hydrogens is 348 g/mol. The highest BCUT2D eigenvalue weighted by molar-refractivity contribution is 6.30. The Bertz CT molecular complexity index is 849. The van der Waals surface area contributed by atoms with Crippen molar-refractivity contribution in [2.24, 2.45) is 0 Å². The fourth-order valence-corrected chi connectivity index (χ4v) is 3.41. The molecule has 5 nitrogen and oxygen atoms in total. The van der Waals surface area contributed by atoms with Crippen molar-refractivity contribution in [2.45, 2.75) is 20.3 Å². The van der Waals surface area contributed by atoms with Gasteiger partial charge in [-0.3, -0.25) is 9.78 Å². The number of pyridine rings is 1. The number of anilines is 1. The lowest BCUT2D eigenvalue weighted by molar-refractivity contribution is -0.130. The van der Waals surface area contributed by atoms with Crippen LogP contribution in [-0.2, 0) is 11.2 Å². The molecule has 1 aromatic heterocycles. The van der Waals surface area contributed by atoms with E-state index in [1.54, 1.807) is 12.1 Å². The van der Waals surface area contributed by atoms with Gasteiger partial charge >= 0.3 is 0 Å². The summed E-state index contributed by atoms with van der Waals surface area (Å²) in [5, 5.41) is 10.1. The number of rotatable bonds is 3. The Labute approximate surface area is 158 Å². The van der Waals surface area contributed by atoms with Crippen LogP contribution in [0, 0.1) is 25.2 Å². The number of nitriles is 1. The van der Waals surface area contributed by atoms with E-state index in [1.807, 2.05) is 36.9 Å². The molecule has 1 fully saturated rings. The Kier molecular flexibility index (Phi) is 5.43. The summed E-state index contributed by atoms with van der Waals surface area (Å²) in [6.45, 7) is 6.52. The van der Waals surface area contributed by atoms with E-state index in [1.165, 1.54) is 0 Å². The Hall–Kier alpha value is -2.58. The summed E-state index contributed by atoms with van der Waals surface area (Å²) in [7, 11) is 0. The average Bonchev–Trinajstić information content (AvgIpc) is 2.63. The lowest BCUT2D eigenvalue weighted by atomic mass is 10.1. The van der Waals surface area contributed by atoms with Gasteiger partial charge in [0, 0.05) is 36.9 Å². The molecule has 1 aromatic carbocycles. The molecule has 0 spiro atoms. The van der Waals surface area contributed by atoms with Gasteiger partial charge in [-0.1, -0.05) is 23.7 Å². The summed E-state index contributed by atoms with van der Waals surface area (Å²) in [5.74, 6) is 0.120. The lowest BCUT2D eigenvalue weighted by Gasteiger charge is -2.36. The minimum absolute atomic E-state index is 0.120. The van der Waals surface area contributed by atoms with Gasteiger partial charge in [0.2, 0.25) is 5.91 Å². The largest absolute Gasteiger partial charge is 0.367 e. The zero-order valence-electron chi connectivity index (χ0n) is 15.0. The van der Waals surface area contributed by atoms with Crippen LogP contribution in [0.15, 0.2) is 30.3 Å². The van der Waals surface area contributed by atoms with Gasteiger partial charge in [-0.25, -0.2) is 0 Å². The molecule has 26 heavy (non-hydrogen) atoms. The van der Waals surface area contributed by atoms with Crippen molar-refractivity contribution in [3.63, 3.8) is 0 Å². The smallest absolute Gasteiger partial charge is 0.227 e. The van der Waals surface area contributed by atoms with E-state index in [4.69, 9.17) is 11.6 Å². The van der Waals surface area contributed by atoms with E-state index in [0.29, 0.717) is 43.2 Å². The highest BCUT2D eigenvalue weighted by atomic mass is 35.5. The minimum Gasteiger partial charge on any atom is -0.367 e. The first-order chi connectivity index (χ1) is 12.5. The Morgan fingerprint density at radius 3 is 2.46 bits per heavy atom. The van der Waals surface area contributed by atoms with Gasteiger partial charge in [0.25, 0.3) is 0 Å². The van der Waals surface area contributed by atoms with Gasteiger partial charge in [0.15, 0.2) is 0 Å². The molecule has 1 amide bonds. The van der Waals surface area contributed by atoms with Crippen LogP contribution in [0.4, 0.5) is 5.69 Å². The second kappa shape index (κ2) is 7.76. The van der Waals surface area contributed by atoms with Gasteiger partial charge in [-0.05, 0) is 37.6 Å². The molecule has 2 aromatic rings. The summed E-state index contributed by atoms with van der Waals surface area (Å²) < 4.78 is 0. The lowest BCUT2D eigenvalue weighted by Crippen LogP contribution is -2.49. The molecule has 2 heterocycles. The maximum atomic E-state index is 12.5. The predicted octanol–water partition coefficient (Wildman–Crippen LogP) is 3.11. The number of nitrogens with zero attached hydrogens (tertiary/aromatic N) is 4. The first-order valence-electron chi connectivity index (χ1n) is 8.63. The maximum absolute atomic E-state index is 12.5. The number of carbonyl (C=O) groups is 1. The van der Waals surface area contributed by atoms with Crippen LogP contribution in [0.1, 0.15) is 22.5 Å². The fourth-order valence-electron chi connectivity index (χ4n) is 3.28. The first-order valence-corrected chi connectivity index (χ1v) is 9.01. The van der Waals surface area contributed by atoms with Crippen LogP contribution in [-0.4, -0.2) is 42.0 Å². The van der Waals surface area contributed by atoms with Crippen LogP contribution >= 0.6 is 11.6 Å². The highest BCUT2D eigenvalue weighted by Gasteiger charge is 2.23. The highest BCUT2D eigenvalue weighted by Crippen LogP contribution is 2.24. The van der Waals surface area contributed by atoms with Crippen molar-refractivity contribution in [1.82, 2.24) is 9.88 Å². The standard InChI is InChI=1S/C20H21ClN4O/c1-14-11-19(18(13-22)15(2)23-14)24-7-9-25(10-8-24)20(26)12-16-3-5-17(21)6-4-16/h3-6,11H,7-10,12H2,1-2H3. The fraction of sp³-hybridized carbons (Fsp3) is 0.350. The Balaban J connectivity index is 1.65. The third kappa shape index (κ3) is 3.97. The number of hydrogen-bond acceptors (Lipinski definition) is 4. The van der Waals surface area contributed by atoms with Crippen LogP contribution in [0.3, 0.4) is 0 Å². The third-order valence-corrected chi connectivity index (χ3v) is 4.91. The van der Waals surface area contributed by atoms with Crippen molar-refractivity contribution >= 4 is 23.2 Å². The predicted molar refractivity (Wildman–Crippen MR) is 102 cm³/mol. The molecule has 134 valence electrons. The quantitative estimate of drug-likeness (QED) is 0.835. The van der Waals surface area contributed by atoms with Crippen LogP contribution < -0.4 is 4.90 Å². The third-order valence-electron chi connectivity index (χ3n) is 4.66. The minimum atomic E-state index is 0.120. The molecule has 0 atom stereocenters. The molecule has 0 radical (unpaired) electrons. The monoisotopic (exact) mass is 368 g/mol. The number of hydrogen-bond donors (Lipinski definition) is 0. The first kappa shape index (κ1) is 18.2. The van der Waals surface area contributed by atoms with Gasteiger partial charge in [-0.2, -0.15) is 5.26 Å². The Morgan fingerprint density at radius 1 is 1.19 bits per heavy atom. The summed E-state index contributed by atoms with van der Waals surface area (Å²) in [6, 6.07) is 11.6. The van der Waals surface area contributed by atoms with E-state index in [2.05, 4.69) is 16.0 Å². The molecule has 1 saturated heterocycles. The molecule has 0 bridgehead atoms. The number of aryl methyl sites for hydroxylation is 2. The summed E-state index contributed by atoms with van der Waals surface area (Å²) in [4.78, 5) is 21.0. The van der Waals surface area contributed by atoms with Gasteiger partial charge in [0.1, 0.15) is 6.07 Å². The summed E-state index contributed by atoms with van der Waals surface area (Å²) in [6.07, 6.45) is 0.383. The SMILES string of the molecule is Cc1cc(N2CCN(C(=O)Cc3ccc(Cl)cc3)CC2)c(C#N)c(C)n1. The molecule has 0 saturated carbocycles. The molecule has 1 aliphatic heterocycles. The van der Waals surface area contributed by atoms with E-state index in [9.17, 15) is 10.1 Å². The van der Waals surface area contributed by atoms with E-state index < -0.39 is 0 Å². The second-order valence-electron chi connectivity index (χ2n) is 6.53. The van der Waals surface area contributed by atoms with Crippen molar-refractivity contribution in [2.75, 3.05) is 31.1 Å². The van der Waals surface area contributed by atoms with E-state index >= 15 is 0 Å². The van der Waals surface area contributed by atoms with Crippen molar-refractivity contribution in [3.05, 3.63) is 57.9 Å². The Morgan fingerprint density at radius 2 is 1.85 bits per heavy atom. The molecule has 0 aliphatic carbocycles. The van der Waals surface area contributed by atoms with E-state index in [0.717, 1.165) is 22.6 Å². The molecule has 0 unspecified atom stereocenters. The van der Waals surface area contributed by atoms with Gasteiger partial charge < -0.3 is 9.80 Å². The van der Waals surface area contributed by atoms with Crippen LogP contribution in [0.5, 0.6) is 0 Å². The summed E-state index contributed by atoms with van der Waals surface area (Å²) in [5.41, 5.74) is 4.16. The molecule has 3 rings (SSSR count). The van der Waals surface area contributed by atoms with Crippen LogP contribution in [0.25, 0.3) is 0 Å². The second-order valence-corrected chi connectivity index (χ2v) is 6.96. The molecule has 6 heteroatoms. The number of benzene rings is 1. The summed E-state index contributed by atoms with van der Waals surface area (Å²) >= 11 is 5.89. The van der Waals surface area contributed by atoms with Crippen molar-refractivity contribution < 1.29 is 4.79 Å². The van der Waals surface area contributed by atoms with Crippen molar-refractivity contribution in [1.29, 1.82) is 5.26 Å². The van der Waals surface area contributed by atoms with E-state index in [-0.39, 0.29) is 5.91 Å². The number of amides is 1. The topological polar surface area (TPSA) is 60.2 Å². The maximum Gasteiger partial charge on any atom is 0.227 e. The zero-order chi connectivity index (χ0) is 18.7. The van der Waals surface area contributed by atoms with Crippen LogP contribution in [0.2, 0.25) is 5.02 Å². The molecule has 1 aliphatic rings. The number of aromatic nitrogens is 1. The van der Waals surface area contributed by atoms with Gasteiger partial charge in [0.05, 0.1) is 23.4 Å². The molecule has 0 N–H and O–H groups in total. The van der Waals surface area contributed by atoms with Crippen molar-refractivity contribution in [3.8, 4) is 6.07 Å². The number of piperazine rings is 1. The average molecular weight is 369 g/mol. The number of carbonyl (C=O) groups excluding carboxylic acids is 1.